The number of Topliss-reactive ketones (excluding diaryl/α,β-unsaturated/α-hetero) is 1. The third-order valence-corrected chi connectivity index (χ3v) is 3.23. The molecule has 1 aromatic rings. The quantitative estimate of drug-likeness (QED) is 0.745. The van der Waals surface area contributed by atoms with Crippen molar-refractivity contribution in [2.75, 3.05) is 6.61 Å². The third kappa shape index (κ3) is 5.50. The van der Waals surface area contributed by atoms with Gasteiger partial charge >= 0.3 is 6.18 Å². The Kier molecular flexibility index (Phi) is 5.96. The Morgan fingerprint density at radius 2 is 1.90 bits per heavy atom. The summed E-state index contributed by atoms with van der Waals surface area (Å²) in [6, 6.07) is 5.08. The van der Waals surface area contributed by atoms with Crippen molar-refractivity contribution < 1.29 is 22.7 Å². The highest BCUT2D eigenvalue weighted by atomic mass is 19.4. The Hall–Kier alpha value is -1.36. The molecule has 0 atom stereocenters. The smallest absolute Gasteiger partial charge is 0.368 e. The maximum absolute atomic E-state index is 12.6. The molecule has 21 heavy (non-hydrogen) atoms. The topological polar surface area (TPSA) is 26.3 Å². The molecule has 1 rings (SSSR count). The van der Waals surface area contributed by atoms with Crippen molar-refractivity contribution in [1.29, 1.82) is 0 Å². The van der Waals surface area contributed by atoms with Crippen LogP contribution in [0.25, 0.3) is 0 Å². The molecule has 0 radical (unpaired) electrons. The largest absolute Gasteiger partial charge is 0.416 e. The Morgan fingerprint density at radius 1 is 1.24 bits per heavy atom. The second-order valence-electron chi connectivity index (χ2n) is 5.48. The van der Waals surface area contributed by atoms with Gasteiger partial charge in [0.05, 0.1) is 5.56 Å². The number of alkyl halides is 3. The normalized spacial score (nSPS) is 12.5. The average molecular weight is 302 g/mol. The molecule has 0 amide bonds. The summed E-state index contributed by atoms with van der Waals surface area (Å²) in [6.07, 6.45) is -3.10. The second-order valence-corrected chi connectivity index (χ2v) is 5.48. The van der Waals surface area contributed by atoms with Gasteiger partial charge in [0, 0.05) is 13.0 Å². The average Bonchev–Trinajstić information content (AvgIpc) is 2.42. The first-order valence-corrected chi connectivity index (χ1v) is 7.00. The lowest BCUT2D eigenvalue weighted by molar-refractivity contribution is -0.140. The molecule has 0 spiro atoms. The molecule has 0 saturated carbocycles. The van der Waals surface area contributed by atoms with Gasteiger partial charge in [-0.3, -0.25) is 4.79 Å². The second kappa shape index (κ2) is 7.07. The number of rotatable bonds is 7. The van der Waals surface area contributed by atoms with E-state index in [4.69, 9.17) is 4.74 Å². The lowest BCUT2D eigenvalue weighted by Crippen LogP contribution is -2.35. The molecule has 0 unspecified atom stereocenters. The van der Waals surface area contributed by atoms with Crippen LogP contribution in [0.4, 0.5) is 13.2 Å². The molecule has 2 nitrogen and oxygen atoms in total. The number of hydrogen-bond acceptors (Lipinski definition) is 2. The van der Waals surface area contributed by atoms with Gasteiger partial charge in [-0.1, -0.05) is 25.1 Å². The number of carbonyl (C=O) groups excluding carboxylic acids is 1. The van der Waals surface area contributed by atoms with Crippen molar-refractivity contribution in [3.05, 3.63) is 35.4 Å². The molecule has 0 N–H and O–H groups in total. The summed E-state index contributed by atoms with van der Waals surface area (Å²) >= 11 is 0. The highest BCUT2D eigenvalue weighted by Gasteiger charge is 2.31. The minimum atomic E-state index is -4.36. The number of ketones is 1. The lowest BCUT2D eigenvalue weighted by atomic mass is 9.96. The molecule has 0 aromatic heterocycles. The molecule has 118 valence electrons. The molecule has 0 aliphatic carbocycles. The highest BCUT2D eigenvalue weighted by Crippen LogP contribution is 2.29. The third-order valence-electron chi connectivity index (χ3n) is 3.23. The fourth-order valence-electron chi connectivity index (χ4n) is 1.90. The Morgan fingerprint density at radius 3 is 2.48 bits per heavy atom. The van der Waals surface area contributed by atoms with E-state index in [2.05, 4.69) is 0 Å². The summed E-state index contributed by atoms with van der Waals surface area (Å²) in [4.78, 5) is 12.1. The zero-order valence-corrected chi connectivity index (χ0v) is 12.6. The van der Waals surface area contributed by atoms with E-state index in [0.717, 1.165) is 18.6 Å². The van der Waals surface area contributed by atoms with Crippen molar-refractivity contribution in [3.63, 3.8) is 0 Å². The van der Waals surface area contributed by atoms with Crippen LogP contribution in [0.15, 0.2) is 24.3 Å². The van der Waals surface area contributed by atoms with Crippen molar-refractivity contribution in [3.8, 4) is 0 Å². The van der Waals surface area contributed by atoms with Crippen LogP contribution in [0.3, 0.4) is 0 Å². The highest BCUT2D eigenvalue weighted by molar-refractivity contribution is 5.86. The van der Waals surface area contributed by atoms with E-state index in [1.807, 2.05) is 6.92 Å². The van der Waals surface area contributed by atoms with Crippen LogP contribution >= 0.6 is 0 Å². The first-order valence-electron chi connectivity index (χ1n) is 7.00. The summed E-state index contributed by atoms with van der Waals surface area (Å²) in [5.74, 6) is -0.103. The van der Waals surface area contributed by atoms with E-state index >= 15 is 0 Å². The fourth-order valence-corrected chi connectivity index (χ4v) is 1.90. The first kappa shape index (κ1) is 17.7. The predicted octanol–water partition coefficient (Wildman–Crippen LogP) is 4.41. The van der Waals surface area contributed by atoms with E-state index < -0.39 is 17.3 Å². The minimum Gasteiger partial charge on any atom is -0.368 e. The Balaban J connectivity index is 2.65. The number of benzene rings is 1. The molecular formula is C16H21F3O2. The predicted molar refractivity (Wildman–Crippen MR) is 75.1 cm³/mol. The molecule has 0 heterocycles. The molecule has 0 aliphatic heterocycles. The van der Waals surface area contributed by atoms with Crippen LogP contribution in [0.5, 0.6) is 0 Å². The number of hydrogen-bond donors (Lipinski definition) is 0. The van der Waals surface area contributed by atoms with Crippen molar-refractivity contribution in [2.45, 2.75) is 51.8 Å². The number of halogens is 3. The van der Waals surface area contributed by atoms with Gasteiger partial charge in [-0.05, 0) is 38.3 Å². The van der Waals surface area contributed by atoms with Crippen molar-refractivity contribution in [1.82, 2.24) is 0 Å². The Labute approximate surface area is 123 Å². The van der Waals surface area contributed by atoms with Crippen molar-refractivity contribution in [2.24, 2.45) is 0 Å². The molecule has 0 fully saturated rings. The fraction of sp³-hybridized carbons (Fsp3) is 0.562. The summed E-state index contributed by atoms with van der Waals surface area (Å²) in [5, 5.41) is 0. The van der Waals surface area contributed by atoms with Crippen LogP contribution in [0.1, 0.15) is 44.7 Å². The molecule has 1 aromatic carbocycles. The van der Waals surface area contributed by atoms with Gasteiger partial charge in [0.25, 0.3) is 0 Å². The SMILES string of the molecule is CCCOC(C)(C)C(=O)CCc1cccc(C(F)(F)F)c1. The number of ether oxygens (including phenoxy) is 1. The lowest BCUT2D eigenvalue weighted by Gasteiger charge is -2.23. The first-order chi connectivity index (χ1) is 9.66. The molecule has 5 heteroatoms. The number of aryl methyl sites for hydroxylation is 1. The summed E-state index contributed by atoms with van der Waals surface area (Å²) < 4.78 is 43.3. The van der Waals surface area contributed by atoms with Gasteiger partial charge < -0.3 is 4.74 Å². The van der Waals surface area contributed by atoms with Crippen LogP contribution in [-0.4, -0.2) is 18.0 Å². The van der Waals surface area contributed by atoms with Crippen LogP contribution < -0.4 is 0 Å². The zero-order valence-electron chi connectivity index (χ0n) is 12.6. The standard InChI is InChI=1S/C16H21F3O2/c1-4-10-21-15(2,3)14(20)9-8-12-6-5-7-13(11-12)16(17,18)19/h5-7,11H,4,8-10H2,1-3H3. The van der Waals surface area contributed by atoms with E-state index in [0.29, 0.717) is 12.2 Å². The van der Waals surface area contributed by atoms with Gasteiger partial charge in [-0.25, -0.2) is 0 Å². The molecular weight excluding hydrogens is 281 g/mol. The maximum atomic E-state index is 12.6. The summed E-state index contributed by atoms with van der Waals surface area (Å²) in [6.45, 7) is 5.82. The van der Waals surface area contributed by atoms with E-state index in [9.17, 15) is 18.0 Å². The number of carbonyl (C=O) groups is 1. The molecule has 0 saturated heterocycles. The van der Waals surface area contributed by atoms with E-state index in [-0.39, 0.29) is 18.6 Å². The van der Waals surface area contributed by atoms with Gasteiger partial charge in [0.1, 0.15) is 5.60 Å². The molecule has 0 bridgehead atoms. The maximum Gasteiger partial charge on any atom is 0.416 e. The summed E-state index contributed by atoms with van der Waals surface area (Å²) in [5.41, 5.74) is -1.07. The van der Waals surface area contributed by atoms with Crippen molar-refractivity contribution >= 4 is 5.78 Å². The Bertz CT molecular complexity index is 479. The van der Waals surface area contributed by atoms with E-state index in [1.165, 1.54) is 6.07 Å². The van der Waals surface area contributed by atoms with Gasteiger partial charge in [-0.2, -0.15) is 13.2 Å². The molecule has 0 aliphatic rings. The van der Waals surface area contributed by atoms with Crippen LogP contribution in [0, 0.1) is 0 Å². The van der Waals surface area contributed by atoms with Gasteiger partial charge in [-0.15, -0.1) is 0 Å². The van der Waals surface area contributed by atoms with Gasteiger partial charge in [0.2, 0.25) is 0 Å². The summed E-state index contributed by atoms with van der Waals surface area (Å²) in [7, 11) is 0. The minimum absolute atomic E-state index is 0.103. The zero-order chi connectivity index (χ0) is 16.1. The monoisotopic (exact) mass is 302 g/mol. The van der Waals surface area contributed by atoms with Crippen LogP contribution in [0.2, 0.25) is 0 Å². The van der Waals surface area contributed by atoms with Gasteiger partial charge in [0.15, 0.2) is 5.78 Å². The van der Waals surface area contributed by atoms with E-state index in [1.54, 1.807) is 19.9 Å². The van der Waals surface area contributed by atoms with Crippen LogP contribution in [-0.2, 0) is 22.1 Å².